The zero-order chi connectivity index (χ0) is 69.0. The van der Waals surface area contributed by atoms with Crippen molar-refractivity contribution in [1.29, 1.82) is 15.8 Å². The van der Waals surface area contributed by atoms with Gasteiger partial charge in [-0.2, -0.15) is 15.8 Å². The molecule has 99 heavy (non-hydrogen) atoms. The van der Waals surface area contributed by atoms with Crippen molar-refractivity contribution in [2.24, 2.45) is 17.8 Å². The number of hydrogen-bond acceptors (Lipinski definition) is 26. The number of H-pyrrole nitrogens is 3. The van der Waals surface area contributed by atoms with E-state index in [1.165, 1.54) is 67.5 Å². The zero-order valence-corrected chi connectivity index (χ0v) is 54.8. The Balaban J connectivity index is 0.000000133. The summed E-state index contributed by atoms with van der Waals surface area (Å²) in [4.78, 5) is 43.4. The fourth-order valence-corrected chi connectivity index (χ4v) is 17.2. The van der Waals surface area contributed by atoms with Crippen molar-refractivity contribution in [3.63, 3.8) is 0 Å². The lowest BCUT2D eigenvalue weighted by atomic mass is 9.81. The van der Waals surface area contributed by atoms with E-state index >= 15 is 0 Å². The third-order valence-electron chi connectivity index (χ3n) is 17.4. The lowest BCUT2D eigenvalue weighted by Gasteiger charge is -2.36. The van der Waals surface area contributed by atoms with Gasteiger partial charge in [0.1, 0.15) is 53.2 Å². The highest BCUT2D eigenvalue weighted by Crippen LogP contribution is 2.42. The monoisotopic (exact) mass is 1390 g/mol. The maximum atomic E-state index is 12.8. The summed E-state index contributed by atoms with van der Waals surface area (Å²) >= 11 is 0. The van der Waals surface area contributed by atoms with Gasteiger partial charge in [0.2, 0.25) is 17.7 Å². The Morgan fingerprint density at radius 2 is 0.879 bits per heavy atom. The second-order valence-corrected chi connectivity index (χ2v) is 30.3. The SMILES string of the molecule is N#Cc1cccc(S(=O)(=O)CC2CC(Nc3c(-c4nc(CO)co4)cnc4[nH]ccc34)C2)c1.N#Cc1ccnc(S(=O)(=O)CC2CC(Nc3c(-c4nc(CO)co4)cnc4[nH]ccc34)C2)c1.N#Cc1ccnc(S(=O)(=O)CC2CC(Nc3c(-c4ncc(CO)o4)cnc4[nH]ccc34)C2)c1. The molecule has 504 valence electrons. The molecule has 9 N–H and O–H groups in total. The first-order valence-electron chi connectivity index (χ1n) is 31.2. The van der Waals surface area contributed by atoms with Crippen LogP contribution in [-0.4, -0.2) is 131 Å². The number of aromatic amines is 3. The standard InChI is InChI=1S/C23H21N5O4S.2C22H20N6O4S/c24-9-14-2-1-3-18(8-14)33(30,31)13-15-6-16(7-15)27-21-19-4-5-25-22(19)26-10-20(21)23-28-17(11-29)12-32-23;23-8-13-1-3-24-19(7-13)33(30,31)12-14-5-15(6-14)27-20-17-2-4-25-21(17)26-9-18(20)22-28-16(10-29)11-32-22;23-8-13-1-3-24-19(7-13)33(30,31)12-14-5-15(6-14)28-20-17-2-4-25-21(17)26-10-18(20)22-27-9-16(11-29)32-22/h1-5,8,10,12,15-16,29H,6-7,11,13H2,(H2,25,26,27);1-4,7,9,11,14-15,29H,5-6,10,12H2,(H2,25,26,27);1-4,7,9-10,14-15,29H,5-6,11-12H2,(H2,25,26,28). The van der Waals surface area contributed by atoms with Gasteiger partial charge in [-0.1, -0.05) is 6.07 Å². The molecule has 32 heteroatoms. The number of aliphatic hydroxyl groups is 3. The van der Waals surface area contributed by atoms with Crippen molar-refractivity contribution in [3.05, 3.63) is 169 Å². The van der Waals surface area contributed by atoms with Crippen molar-refractivity contribution in [2.45, 2.75) is 91.4 Å². The Kier molecular flexibility index (Phi) is 18.9. The third kappa shape index (κ3) is 14.5. The zero-order valence-electron chi connectivity index (χ0n) is 52.3. The molecule has 0 atom stereocenters. The van der Waals surface area contributed by atoms with E-state index < -0.39 is 29.5 Å². The minimum Gasteiger partial charge on any atom is -0.444 e. The molecule has 3 aliphatic carbocycles. The first-order chi connectivity index (χ1) is 47.9. The Bertz CT molecular complexity index is 4920. The van der Waals surface area contributed by atoms with Gasteiger partial charge in [0.15, 0.2) is 39.6 Å². The Morgan fingerprint density at radius 1 is 0.475 bits per heavy atom. The normalized spacial score (nSPS) is 18.1. The first kappa shape index (κ1) is 66.4. The number of fused-ring (bicyclic) bond motifs is 3. The molecular weight excluding hydrogens is 1330 g/mol. The molecule has 15 rings (SSSR count). The molecule has 0 unspecified atom stereocenters. The van der Waals surface area contributed by atoms with E-state index in [-0.39, 0.29) is 99.0 Å². The van der Waals surface area contributed by atoms with Crippen LogP contribution in [0.1, 0.15) is 72.4 Å². The number of nitrogens with one attached hydrogen (secondary N) is 6. The molecule has 0 aliphatic heterocycles. The van der Waals surface area contributed by atoms with Crippen LogP contribution in [0.4, 0.5) is 17.1 Å². The molecule has 0 radical (unpaired) electrons. The van der Waals surface area contributed by atoms with Crippen LogP contribution < -0.4 is 16.0 Å². The van der Waals surface area contributed by atoms with Crippen LogP contribution in [-0.2, 0) is 49.3 Å². The lowest BCUT2D eigenvalue weighted by molar-refractivity contribution is 0.248. The molecule has 3 fully saturated rings. The number of aliphatic hydroxyl groups excluding tert-OH is 3. The number of anilines is 3. The number of oxazole rings is 3. The van der Waals surface area contributed by atoms with Gasteiger partial charge in [-0.25, -0.2) is 65.1 Å². The Labute approximate surface area is 564 Å². The maximum absolute atomic E-state index is 12.8. The van der Waals surface area contributed by atoms with Gasteiger partial charge in [0, 0.05) is 83.9 Å². The largest absolute Gasteiger partial charge is 0.444 e. The Morgan fingerprint density at radius 3 is 1.26 bits per heavy atom. The predicted molar refractivity (Wildman–Crippen MR) is 358 cm³/mol. The van der Waals surface area contributed by atoms with Crippen LogP contribution in [0.25, 0.3) is 67.5 Å². The quantitative estimate of drug-likeness (QED) is 0.0325. The van der Waals surface area contributed by atoms with Gasteiger partial charge in [-0.05, 0) is 117 Å². The van der Waals surface area contributed by atoms with E-state index in [0.29, 0.717) is 113 Å². The van der Waals surface area contributed by atoms with E-state index in [4.69, 9.17) is 29.0 Å². The summed E-state index contributed by atoms with van der Waals surface area (Å²) in [6, 6.07) is 23.5. The third-order valence-corrected chi connectivity index (χ3v) is 22.8. The minimum atomic E-state index is -3.58. The van der Waals surface area contributed by atoms with Gasteiger partial charge in [-0.15, -0.1) is 0 Å². The van der Waals surface area contributed by atoms with Gasteiger partial charge in [-0.3, -0.25) is 0 Å². The fourth-order valence-electron chi connectivity index (χ4n) is 12.3. The van der Waals surface area contributed by atoms with Crippen molar-refractivity contribution in [1.82, 2.24) is 54.8 Å². The second-order valence-electron chi connectivity index (χ2n) is 24.3. The van der Waals surface area contributed by atoms with Crippen LogP contribution >= 0.6 is 0 Å². The highest BCUT2D eigenvalue weighted by atomic mass is 32.2. The molecule has 0 saturated heterocycles. The highest BCUT2D eigenvalue weighted by molar-refractivity contribution is 7.92. The molecule has 0 spiro atoms. The smallest absolute Gasteiger partial charge is 0.230 e. The highest BCUT2D eigenvalue weighted by Gasteiger charge is 2.38. The van der Waals surface area contributed by atoms with Crippen LogP contribution in [0.5, 0.6) is 0 Å². The van der Waals surface area contributed by atoms with Crippen molar-refractivity contribution in [3.8, 4) is 52.6 Å². The number of aromatic nitrogens is 11. The van der Waals surface area contributed by atoms with Gasteiger partial charge >= 0.3 is 0 Å². The van der Waals surface area contributed by atoms with E-state index in [1.807, 2.05) is 36.4 Å². The lowest BCUT2D eigenvalue weighted by Crippen LogP contribution is -2.39. The van der Waals surface area contributed by atoms with Crippen LogP contribution in [0.2, 0.25) is 0 Å². The average molecular weight is 1390 g/mol. The van der Waals surface area contributed by atoms with Crippen molar-refractivity contribution < 1.29 is 53.8 Å². The van der Waals surface area contributed by atoms with E-state index in [1.54, 1.807) is 49.3 Å². The summed E-state index contributed by atoms with van der Waals surface area (Å²) in [6.07, 6.45) is 21.4. The first-order valence-corrected chi connectivity index (χ1v) is 36.1. The molecule has 12 aromatic rings. The Hall–Kier alpha value is -11.2. The summed E-state index contributed by atoms with van der Waals surface area (Å²) in [6.45, 7) is -0.695. The number of nitrogens with zero attached hydrogens (tertiary/aromatic N) is 11. The molecule has 3 saturated carbocycles. The van der Waals surface area contributed by atoms with E-state index in [0.717, 1.165) is 33.2 Å². The minimum absolute atomic E-state index is 0.0184. The maximum Gasteiger partial charge on any atom is 0.230 e. The number of sulfone groups is 3. The molecule has 3 aliphatic rings. The average Bonchev–Trinajstić information content (AvgIpc) is 1.75. The molecule has 0 bridgehead atoms. The number of rotatable bonds is 21. The summed E-state index contributed by atoms with van der Waals surface area (Å²) in [5.74, 6) is 1.39. The molecule has 11 heterocycles. The topological polar surface area (TPSA) is 460 Å². The van der Waals surface area contributed by atoms with Crippen LogP contribution in [0.3, 0.4) is 0 Å². The summed E-state index contributed by atoms with van der Waals surface area (Å²) < 4.78 is 93.2. The molecule has 11 aromatic heterocycles. The van der Waals surface area contributed by atoms with Crippen LogP contribution in [0.15, 0.2) is 163 Å². The number of nitriles is 3. The predicted octanol–water partition coefficient (Wildman–Crippen LogP) is 8.53. The van der Waals surface area contributed by atoms with Crippen molar-refractivity contribution >= 4 is 79.7 Å². The second kappa shape index (κ2) is 28.1. The van der Waals surface area contributed by atoms with Gasteiger partial charge in [0.25, 0.3) is 0 Å². The van der Waals surface area contributed by atoms with Gasteiger partial charge < -0.3 is 59.5 Å². The van der Waals surface area contributed by atoms with E-state index in [2.05, 4.69) is 70.8 Å². The molecule has 0 amide bonds. The number of pyridine rings is 5. The summed E-state index contributed by atoms with van der Waals surface area (Å²) in [7, 11) is -10.6. The molecule has 29 nitrogen and oxygen atoms in total. The van der Waals surface area contributed by atoms with Crippen LogP contribution in [0, 0.1) is 51.7 Å². The summed E-state index contributed by atoms with van der Waals surface area (Å²) in [5, 5.41) is 68.0. The molecule has 1 aromatic carbocycles. The number of hydrogen-bond donors (Lipinski definition) is 9. The van der Waals surface area contributed by atoms with Gasteiger partial charge in [0.05, 0.1) is 110 Å². The number of benzene rings is 1. The summed E-state index contributed by atoms with van der Waals surface area (Å²) in [5.41, 5.74) is 8.25. The van der Waals surface area contributed by atoms with Crippen molar-refractivity contribution in [2.75, 3.05) is 33.2 Å². The fraction of sp³-hybridized carbons (Fsp3) is 0.269. The molecular formula is C67H61N17O12S3. The van der Waals surface area contributed by atoms with E-state index in [9.17, 15) is 40.6 Å².